The van der Waals surface area contributed by atoms with Crippen LogP contribution in [0.1, 0.15) is 11.3 Å². The predicted octanol–water partition coefficient (Wildman–Crippen LogP) is 3.29. The monoisotopic (exact) mass is 396 g/mol. The van der Waals surface area contributed by atoms with Crippen LogP contribution < -0.4 is 10.0 Å². The predicted molar refractivity (Wildman–Crippen MR) is 107 cm³/mol. The highest BCUT2D eigenvalue weighted by atomic mass is 32.2. The first-order valence-corrected chi connectivity index (χ1v) is 10.4. The summed E-state index contributed by atoms with van der Waals surface area (Å²) in [6.07, 6.45) is 5.69. The minimum atomic E-state index is -3.64. The third kappa shape index (κ3) is 4.08. The van der Waals surface area contributed by atoms with Crippen molar-refractivity contribution in [3.05, 3.63) is 78.5 Å². The molecule has 0 saturated carbocycles. The largest absolute Gasteiger partial charge is 0.468 e. The quantitative estimate of drug-likeness (QED) is 0.424. The molecule has 0 fully saturated rings. The van der Waals surface area contributed by atoms with Crippen molar-refractivity contribution in [1.29, 1.82) is 0 Å². The molecule has 0 saturated heterocycles. The number of nitrogens with one attached hydrogen (secondary N) is 3. The topological polar surface area (TPSA) is 100 Å². The number of hydrogen-bond donors (Lipinski definition) is 3. The van der Waals surface area contributed by atoms with Crippen LogP contribution in [-0.2, 0) is 23.0 Å². The minimum Gasteiger partial charge on any atom is -0.468 e. The first kappa shape index (κ1) is 18.3. The molecular weight excluding hydrogens is 376 g/mol. The fourth-order valence-corrected chi connectivity index (χ4v) is 3.91. The first-order valence-electron chi connectivity index (χ1n) is 8.89. The van der Waals surface area contributed by atoms with E-state index < -0.39 is 10.0 Å². The number of anilines is 1. The number of hydrogen-bond acceptors (Lipinski definition) is 5. The van der Waals surface area contributed by atoms with Crippen molar-refractivity contribution in [3.8, 4) is 0 Å². The van der Waals surface area contributed by atoms with Crippen molar-refractivity contribution < 1.29 is 12.8 Å². The minimum absolute atomic E-state index is 0.0972. The summed E-state index contributed by atoms with van der Waals surface area (Å²) >= 11 is 0. The Morgan fingerprint density at radius 2 is 1.96 bits per heavy atom. The van der Waals surface area contributed by atoms with Crippen molar-refractivity contribution in [2.75, 3.05) is 11.9 Å². The Morgan fingerprint density at radius 1 is 1.07 bits per heavy atom. The number of aromatic amines is 1. The van der Waals surface area contributed by atoms with Crippen molar-refractivity contribution >= 4 is 26.7 Å². The standard InChI is InChI=1S/C20H20N4O3S/c25-28(26,24-13-16-4-3-11-27-16)17-7-8-20(23-14-17)21-10-9-15-12-22-19-6-2-1-5-18(15)19/h1-8,11-12,14,22,24H,9-10,13H2,(H,21,23). The summed E-state index contributed by atoms with van der Waals surface area (Å²) in [5.41, 5.74) is 2.34. The lowest BCUT2D eigenvalue weighted by Gasteiger charge is -2.08. The number of pyridine rings is 1. The fourth-order valence-electron chi connectivity index (χ4n) is 2.97. The maximum atomic E-state index is 12.3. The van der Waals surface area contributed by atoms with Gasteiger partial charge in [-0.25, -0.2) is 18.1 Å². The summed E-state index contributed by atoms with van der Waals surface area (Å²) in [6, 6.07) is 14.8. The summed E-state index contributed by atoms with van der Waals surface area (Å²) in [5, 5.41) is 4.44. The molecule has 3 aromatic heterocycles. The smallest absolute Gasteiger partial charge is 0.242 e. The van der Waals surface area contributed by atoms with Gasteiger partial charge < -0.3 is 14.7 Å². The summed E-state index contributed by atoms with van der Waals surface area (Å²) in [5.74, 6) is 1.18. The lowest BCUT2D eigenvalue weighted by atomic mass is 10.1. The highest BCUT2D eigenvalue weighted by Gasteiger charge is 2.15. The van der Waals surface area contributed by atoms with E-state index in [0.717, 1.165) is 11.9 Å². The van der Waals surface area contributed by atoms with Crippen LogP contribution in [0.25, 0.3) is 10.9 Å². The Kier molecular flexibility index (Phi) is 5.14. The summed E-state index contributed by atoms with van der Waals surface area (Å²) in [7, 11) is -3.64. The van der Waals surface area contributed by atoms with Crippen LogP contribution in [0.4, 0.5) is 5.82 Å². The van der Waals surface area contributed by atoms with Gasteiger partial charge in [-0.3, -0.25) is 0 Å². The number of rotatable bonds is 8. The molecule has 4 rings (SSSR count). The van der Waals surface area contributed by atoms with Gasteiger partial charge in [0.2, 0.25) is 10.0 Å². The molecule has 0 aliphatic heterocycles. The molecule has 0 radical (unpaired) electrons. The third-order valence-corrected chi connectivity index (χ3v) is 5.83. The first-order chi connectivity index (χ1) is 13.6. The van der Waals surface area contributed by atoms with Gasteiger partial charge in [-0.15, -0.1) is 0 Å². The second-order valence-corrected chi connectivity index (χ2v) is 8.09. The van der Waals surface area contributed by atoms with E-state index >= 15 is 0 Å². The van der Waals surface area contributed by atoms with Crippen LogP contribution in [0.3, 0.4) is 0 Å². The highest BCUT2D eigenvalue weighted by Crippen LogP contribution is 2.18. The van der Waals surface area contributed by atoms with E-state index in [1.807, 2.05) is 24.4 Å². The second-order valence-electron chi connectivity index (χ2n) is 6.32. The van der Waals surface area contributed by atoms with Gasteiger partial charge in [-0.05, 0) is 42.3 Å². The zero-order valence-electron chi connectivity index (χ0n) is 15.1. The number of fused-ring (bicyclic) bond motifs is 1. The molecule has 4 aromatic rings. The number of H-pyrrole nitrogens is 1. The van der Waals surface area contributed by atoms with Crippen LogP contribution in [0.15, 0.2) is 76.5 Å². The lowest BCUT2D eigenvalue weighted by molar-refractivity contribution is 0.498. The van der Waals surface area contributed by atoms with Gasteiger partial charge >= 0.3 is 0 Å². The Morgan fingerprint density at radius 3 is 2.75 bits per heavy atom. The molecule has 3 N–H and O–H groups in total. The average molecular weight is 396 g/mol. The summed E-state index contributed by atoms with van der Waals surface area (Å²) < 4.78 is 32.3. The van der Waals surface area contributed by atoms with E-state index in [4.69, 9.17) is 4.42 Å². The molecule has 144 valence electrons. The molecule has 28 heavy (non-hydrogen) atoms. The van der Waals surface area contributed by atoms with E-state index in [-0.39, 0.29) is 11.4 Å². The Labute approximate surface area is 162 Å². The van der Waals surface area contributed by atoms with E-state index in [1.54, 1.807) is 18.2 Å². The number of furan rings is 1. The molecule has 8 heteroatoms. The normalized spacial score (nSPS) is 11.7. The van der Waals surface area contributed by atoms with E-state index in [1.165, 1.54) is 29.5 Å². The van der Waals surface area contributed by atoms with Gasteiger partial charge in [-0.1, -0.05) is 18.2 Å². The van der Waals surface area contributed by atoms with Crippen molar-refractivity contribution in [2.45, 2.75) is 17.9 Å². The third-order valence-electron chi connectivity index (χ3n) is 4.44. The van der Waals surface area contributed by atoms with Gasteiger partial charge in [0.15, 0.2) is 0 Å². The number of nitrogens with zero attached hydrogens (tertiary/aromatic N) is 1. The van der Waals surface area contributed by atoms with Gasteiger partial charge in [0.1, 0.15) is 16.5 Å². The Bertz CT molecular complexity index is 1150. The molecule has 0 spiro atoms. The van der Waals surface area contributed by atoms with Gasteiger partial charge in [0.25, 0.3) is 0 Å². The van der Waals surface area contributed by atoms with Crippen molar-refractivity contribution in [1.82, 2.24) is 14.7 Å². The molecule has 0 aliphatic carbocycles. The molecule has 0 atom stereocenters. The molecule has 7 nitrogen and oxygen atoms in total. The number of benzene rings is 1. The molecule has 0 unspecified atom stereocenters. The van der Waals surface area contributed by atoms with Crippen molar-refractivity contribution in [2.24, 2.45) is 0 Å². The molecule has 0 aliphatic rings. The number of aromatic nitrogens is 2. The maximum absolute atomic E-state index is 12.3. The molecular formula is C20H20N4O3S. The fraction of sp³-hybridized carbons (Fsp3) is 0.150. The van der Waals surface area contributed by atoms with E-state index in [9.17, 15) is 8.42 Å². The van der Waals surface area contributed by atoms with Gasteiger partial charge in [0.05, 0.1) is 12.8 Å². The van der Waals surface area contributed by atoms with Gasteiger partial charge in [0, 0.05) is 29.8 Å². The Hall–Kier alpha value is -3.10. The van der Waals surface area contributed by atoms with Crippen LogP contribution in [0, 0.1) is 0 Å². The molecule has 1 aromatic carbocycles. The Balaban J connectivity index is 1.34. The van der Waals surface area contributed by atoms with Crippen LogP contribution in [-0.4, -0.2) is 24.9 Å². The SMILES string of the molecule is O=S(=O)(NCc1ccco1)c1ccc(NCCc2c[nH]c3ccccc23)nc1. The van der Waals surface area contributed by atoms with Crippen LogP contribution in [0.5, 0.6) is 0 Å². The zero-order chi connectivity index (χ0) is 19.4. The summed E-state index contributed by atoms with van der Waals surface area (Å²) in [4.78, 5) is 7.58. The number of para-hydroxylation sites is 1. The van der Waals surface area contributed by atoms with Gasteiger partial charge in [-0.2, -0.15) is 0 Å². The van der Waals surface area contributed by atoms with E-state index in [0.29, 0.717) is 18.1 Å². The molecule has 0 amide bonds. The molecule has 0 bridgehead atoms. The van der Waals surface area contributed by atoms with Crippen molar-refractivity contribution in [3.63, 3.8) is 0 Å². The number of sulfonamides is 1. The zero-order valence-corrected chi connectivity index (χ0v) is 15.9. The molecule has 3 heterocycles. The highest BCUT2D eigenvalue weighted by molar-refractivity contribution is 7.89. The summed E-state index contributed by atoms with van der Waals surface area (Å²) in [6.45, 7) is 0.789. The van der Waals surface area contributed by atoms with Crippen LogP contribution in [0.2, 0.25) is 0 Å². The average Bonchev–Trinajstić information content (AvgIpc) is 3.37. The van der Waals surface area contributed by atoms with Crippen LogP contribution >= 0.6 is 0 Å². The maximum Gasteiger partial charge on any atom is 0.242 e. The van der Waals surface area contributed by atoms with E-state index in [2.05, 4.69) is 26.1 Å². The lowest BCUT2D eigenvalue weighted by Crippen LogP contribution is -2.23. The second kappa shape index (κ2) is 7.87.